The number of benzene rings is 5. The van der Waals surface area contributed by atoms with Crippen LogP contribution < -0.4 is 15.9 Å². The van der Waals surface area contributed by atoms with Crippen LogP contribution in [0.2, 0.25) is 0 Å². The van der Waals surface area contributed by atoms with Crippen LogP contribution in [0.5, 0.6) is 0 Å². The number of hydrogen-bond acceptors (Lipinski definition) is 1. The van der Waals surface area contributed by atoms with E-state index in [-0.39, 0.29) is 5.41 Å². The van der Waals surface area contributed by atoms with Gasteiger partial charge in [0.25, 0.3) is 0 Å². The molecule has 0 N–H and O–H groups in total. The summed E-state index contributed by atoms with van der Waals surface area (Å²) in [6, 6.07) is 47.9. The Kier molecular flexibility index (Phi) is 5.14. The molecule has 198 valence electrons. The first-order valence-corrected chi connectivity index (χ1v) is 15.8. The molecule has 2 aromatic heterocycles. The van der Waals surface area contributed by atoms with Gasteiger partial charge in [-0.3, -0.25) is 9.13 Å². The molecule has 0 saturated carbocycles. The molecule has 0 spiro atoms. The van der Waals surface area contributed by atoms with Gasteiger partial charge in [-0.05, 0) is 48.0 Å². The highest BCUT2D eigenvalue weighted by Gasteiger charge is 2.38. The Morgan fingerprint density at radius 1 is 0.561 bits per heavy atom. The molecule has 0 amide bonds. The van der Waals surface area contributed by atoms with Gasteiger partial charge in [0.15, 0.2) is 7.14 Å². The molecule has 0 unspecified atom stereocenters. The number of aromatic nitrogens is 2. The minimum absolute atomic E-state index is 0.0938. The maximum atomic E-state index is 15.0. The average Bonchev–Trinajstić information content (AvgIpc) is 3.64. The van der Waals surface area contributed by atoms with Gasteiger partial charge in [0, 0.05) is 43.5 Å². The van der Waals surface area contributed by atoms with Gasteiger partial charge < -0.3 is 4.57 Å². The SMILES string of the molecule is CC1(C)c2ccccc2-n2c1cc1c3ccccc3n(-c3ccc(P(=O)(c4ccccc4)c4ccccc4)cc3)c12. The first kappa shape index (κ1) is 24.2. The summed E-state index contributed by atoms with van der Waals surface area (Å²) in [6.45, 7) is 4.63. The molecule has 0 atom stereocenters. The molecule has 7 aromatic rings. The molecule has 41 heavy (non-hydrogen) atoms. The molecule has 0 radical (unpaired) electrons. The van der Waals surface area contributed by atoms with Gasteiger partial charge in [-0.15, -0.1) is 0 Å². The van der Waals surface area contributed by atoms with Crippen molar-refractivity contribution in [2.45, 2.75) is 19.3 Å². The molecule has 1 aliphatic rings. The molecule has 0 bridgehead atoms. The van der Waals surface area contributed by atoms with Crippen molar-refractivity contribution in [3.8, 4) is 11.4 Å². The van der Waals surface area contributed by atoms with Crippen LogP contribution in [0.3, 0.4) is 0 Å². The van der Waals surface area contributed by atoms with Crippen LogP contribution in [0.1, 0.15) is 25.1 Å². The summed E-state index contributed by atoms with van der Waals surface area (Å²) in [6.07, 6.45) is 0. The molecule has 4 heteroatoms. The van der Waals surface area contributed by atoms with E-state index in [1.807, 2.05) is 60.7 Å². The van der Waals surface area contributed by atoms with Crippen LogP contribution in [0, 0.1) is 0 Å². The summed E-state index contributed by atoms with van der Waals surface area (Å²) in [5, 5.41) is 5.01. The Labute approximate surface area is 239 Å². The van der Waals surface area contributed by atoms with Gasteiger partial charge in [-0.25, -0.2) is 0 Å². The number of nitrogens with zero attached hydrogens (tertiary/aromatic N) is 2. The van der Waals surface area contributed by atoms with Crippen molar-refractivity contribution in [2.24, 2.45) is 0 Å². The molecule has 3 nitrogen and oxygen atoms in total. The van der Waals surface area contributed by atoms with Gasteiger partial charge in [-0.2, -0.15) is 0 Å². The quantitative estimate of drug-likeness (QED) is 0.206. The molecule has 1 aliphatic heterocycles. The standard InChI is InChI=1S/C37H29N2OP/c1-37(2)32-18-10-12-20-34(32)39-35(37)25-31-30-17-9-11-19-33(30)38(36(31)39)26-21-23-29(24-22-26)41(40,27-13-5-3-6-14-27)28-15-7-4-8-16-28/h3-25H,1-2H3. The fraction of sp³-hybridized carbons (Fsp3) is 0.0811. The molecule has 0 aliphatic carbocycles. The average molecular weight is 549 g/mol. The van der Waals surface area contributed by atoms with Crippen molar-refractivity contribution >= 4 is 45.0 Å². The Morgan fingerprint density at radius 3 is 1.80 bits per heavy atom. The van der Waals surface area contributed by atoms with E-state index in [4.69, 9.17) is 0 Å². The molecular formula is C37H29N2OP. The highest BCUT2D eigenvalue weighted by Crippen LogP contribution is 2.48. The summed E-state index contributed by atoms with van der Waals surface area (Å²) >= 11 is 0. The van der Waals surface area contributed by atoms with E-state index in [1.165, 1.54) is 33.4 Å². The predicted molar refractivity (Wildman–Crippen MR) is 172 cm³/mol. The van der Waals surface area contributed by atoms with Gasteiger partial charge in [0.05, 0.1) is 11.2 Å². The van der Waals surface area contributed by atoms with Gasteiger partial charge >= 0.3 is 0 Å². The molecular weight excluding hydrogens is 519 g/mol. The molecule has 0 fully saturated rings. The van der Waals surface area contributed by atoms with Crippen LogP contribution >= 0.6 is 7.14 Å². The first-order valence-electron chi connectivity index (χ1n) is 14.1. The summed E-state index contributed by atoms with van der Waals surface area (Å²) in [5.41, 5.74) is 7.17. The van der Waals surface area contributed by atoms with E-state index in [2.05, 4.69) is 102 Å². The molecule has 0 saturated heterocycles. The first-order chi connectivity index (χ1) is 20.0. The highest BCUT2D eigenvalue weighted by atomic mass is 31.2. The second kappa shape index (κ2) is 8.70. The largest absolute Gasteiger partial charge is 0.309 e. The van der Waals surface area contributed by atoms with E-state index in [1.54, 1.807) is 0 Å². The monoisotopic (exact) mass is 548 g/mol. The third-order valence-electron chi connectivity index (χ3n) is 8.79. The Balaban J connectivity index is 1.37. The van der Waals surface area contributed by atoms with Crippen molar-refractivity contribution in [3.63, 3.8) is 0 Å². The zero-order valence-electron chi connectivity index (χ0n) is 23.0. The third-order valence-corrected chi connectivity index (χ3v) is 11.9. The fourth-order valence-electron chi connectivity index (χ4n) is 6.76. The Hall–Kier alpha value is -4.59. The summed E-state index contributed by atoms with van der Waals surface area (Å²) < 4.78 is 19.8. The van der Waals surface area contributed by atoms with Crippen molar-refractivity contribution in [2.75, 3.05) is 0 Å². The lowest BCUT2D eigenvalue weighted by Gasteiger charge is -2.20. The number of rotatable bonds is 4. The summed E-state index contributed by atoms with van der Waals surface area (Å²) in [5.74, 6) is 0. The second-order valence-electron chi connectivity index (χ2n) is 11.4. The number of para-hydroxylation sites is 2. The van der Waals surface area contributed by atoms with Crippen molar-refractivity contribution in [1.29, 1.82) is 0 Å². The smallest absolute Gasteiger partial charge is 0.171 e. The Bertz CT molecular complexity index is 2090. The lowest BCUT2D eigenvalue weighted by atomic mass is 9.83. The molecule has 8 rings (SSSR count). The summed E-state index contributed by atoms with van der Waals surface area (Å²) in [7, 11) is -3.05. The van der Waals surface area contributed by atoms with Crippen molar-refractivity contribution in [1.82, 2.24) is 9.13 Å². The molecule has 5 aromatic carbocycles. The summed E-state index contributed by atoms with van der Waals surface area (Å²) in [4.78, 5) is 0. The number of hydrogen-bond donors (Lipinski definition) is 0. The zero-order chi connectivity index (χ0) is 27.8. The maximum absolute atomic E-state index is 15.0. The van der Waals surface area contributed by atoms with Crippen LogP contribution in [0.4, 0.5) is 0 Å². The van der Waals surface area contributed by atoms with Crippen LogP contribution in [0.25, 0.3) is 33.3 Å². The predicted octanol–water partition coefficient (Wildman–Crippen LogP) is 7.85. The lowest BCUT2D eigenvalue weighted by molar-refractivity contribution is 0.592. The Morgan fingerprint density at radius 2 is 1.12 bits per heavy atom. The minimum atomic E-state index is -3.05. The van der Waals surface area contributed by atoms with Gasteiger partial charge in [-0.1, -0.05) is 111 Å². The zero-order valence-corrected chi connectivity index (χ0v) is 23.9. The second-order valence-corrected chi connectivity index (χ2v) is 14.2. The van der Waals surface area contributed by atoms with E-state index in [0.717, 1.165) is 27.1 Å². The topological polar surface area (TPSA) is 26.9 Å². The highest BCUT2D eigenvalue weighted by molar-refractivity contribution is 7.85. The van der Waals surface area contributed by atoms with Crippen LogP contribution in [-0.2, 0) is 9.98 Å². The third kappa shape index (κ3) is 3.30. The van der Waals surface area contributed by atoms with Crippen LogP contribution in [0.15, 0.2) is 140 Å². The molecule has 3 heterocycles. The van der Waals surface area contributed by atoms with E-state index in [9.17, 15) is 4.57 Å². The maximum Gasteiger partial charge on any atom is 0.171 e. The van der Waals surface area contributed by atoms with Gasteiger partial charge in [0.2, 0.25) is 0 Å². The van der Waals surface area contributed by atoms with Gasteiger partial charge in [0.1, 0.15) is 5.65 Å². The van der Waals surface area contributed by atoms with Crippen molar-refractivity contribution in [3.05, 3.63) is 151 Å². The fourth-order valence-corrected chi connectivity index (χ4v) is 9.41. The van der Waals surface area contributed by atoms with E-state index < -0.39 is 7.14 Å². The van der Waals surface area contributed by atoms with Crippen LogP contribution in [-0.4, -0.2) is 9.13 Å². The van der Waals surface area contributed by atoms with E-state index in [0.29, 0.717) is 0 Å². The lowest BCUT2D eigenvalue weighted by Crippen LogP contribution is -2.25. The normalized spacial score (nSPS) is 13.9. The van der Waals surface area contributed by atoms with Crippen molar-refractivity contribution < 1.29 is 4.57 Å². The van der Waals surface area contributed by atoms with E-state index >= 15 is 0 Å². The number of fused-ring (bicyclic) bond motifs is 7. The minimum Gasteiger partial charge on any atom is -0.309 e.